The fourth-order valence-corrected chi connectivity index (χ4v) is 1.77. The molecule has 82 valence electrons. The fourth-order valence-electron chi connectivity index (χ4n) is 1.77. The summed E-state index contributed by atoms with van der Waals surface area (Å²) in [6, 6.07) is 12.3. The van der Waals surface area contributed by atoms with Crippen LogP contribution in [0.2, 0.25) is 0 Å². The van der Waals surface area contributed by atoms with Gasteiger partial charge in [-0.2, -0.15) is 0 Å². The lowest BCUT2D eigenvalue weighted by atomic mass is 10.1. The quantitative estimate of drug-likeness (QED) is 0.722. The molecule has 0 atom stereocenters. The zero-order chi connectivity index (χ0) is 11.5. The van der Waals surface area contributed by atoms with E-state index in [0.717, 1.165) is 17.0 Å². The van der Waals surface area contributed by atoms with Gasteiger partial charge in [0.1, 0.15) is 0 Å². The Morgan fingerprint density at radius 3 is 2.59 bits per heavy atom. The molecule has 0 aliphatic carbocycles. The van der Waals surface area contributed by atoms with Crippen molar-refractivity contribution in [3.05, 3.63) is 61.2 Å². The van der Waals surface area contributed by atoms with Crippen LogP contribution in [0.1, 0.15) is 0 Å². The average molecular weight is 221 g/mol. The molecule has 3 rings (SSSR count). The summed E-state index contributed by atoms with van der Waals surface area (Å²) in [7, 11) is 0. The first-order chi connectivity index (χ1) is 8.43. The molecule has 3 aromatic rings. The van der Waals surface area contributed by atoms with Gasteiger partial charge in [-0.05, 0) is 11.6 Å². The number of hydrogen-bond donors (Lipinski definition) is 1. The molecule has 17 heavy (non-hydrogen) atoms. The lowest BCUT2D eigenvalue weighted by Gasteiger charge is -1.95. The summed E-state index contributed by atoms with van der Waals surface area (Å²) in [6.45, 7) is 0. The van der Waals surface area contributed by atoms with Crippen molar-refractivity contribution in [2.24, 2.45) is 0 Å². The van der Waals surface area contributed by atoms with E-state index in [4.69, 9.17) is 0 Å². The molecule has 0 aliphatic rings. The van der Waals surface area contributed by atoms with Crippen molar-refractivity contribution in [3.8, 4) is 22.5 Å². The van der Waals surface area contributed by atoms with Gasteiger partial charge in [-0.15, -0.1) is 0 Å². The van der Waals surface area contributed by atoms with E-state index in [1.807, 2.05) is 24.4 Å². The minimum Gasteiger partial charge on any atom is -0.361 e. The number of rotatable bonds is 2. The van der Waals surface area contributed by atoms with E-state index in [1.54, 1.807) is 18.6 Å². The molecule has 0 saturated carbocycles. The van der Waals surface area contributed by atoms with Crippen LogP contribution < -0.4 is 0 Å². The van der Waals surface area contributed by atoms with Gasteiger partial charge in [-0.25, -0.2) is 0 Å². The Morgan fingerprint density at radius 1 is 0.941 bits per heavy atom. The van der Waals surface area contributed by atoms with Crippen LogP contribution >= 0.6 is 0 Å². The third-order valence-electron chi connectivity index (χ3n) is 2.63. The van der Waals surface area contributed by atoms with E-state index in [1.165, 1.54) is 5.56 Å². The first-order valence-corrected chi connectivity index (χ1v) is 5.44. The maximum absolute atomic E-state index is 4.27. The summed E-state index contributed by atoms with van der Waals surface area (Å²) in [5, 5.41) is 0. The molecule has 1 aromatic carbocycles. The van der Waals surface area contributed by atoms with E-state index in [0.29, 0.717) is 0 Å². The number of nitrogens with zero attached hydrogens (tertiary/aromatic N) is 2. The van der Waals surface area contributed by atoms with Crippen molar-refractivity contribution < 1.29 is 0 Å². The minimum absolute atomic E-state index is 0.880. The van der Waals surface area contributed by atoms with Crippen molar-refractivity contribution in [2.75, 3.05) is 0 Å². The molecule has 0 radical (unpaired) electrons. The van der Waals surface area contributed by atoms with Crippen LogP contribution in [-0.2, 0) is 0 Å². The van der Waals surface area contributed by atoms with E-state index < -0.39 is 0 Å². The predicted molar refractivity (Wildman–Crippen MR) is 67.3 cm³/mol. The zero-order valence-corrected chi connectivity index (χ0v) is 9.17. The summed E-state index contributed by atoms with van der Waals surface area (Å²) in [4.78, 5) is 11.6. The Balaban J connectivity index is 1.99. The molecule has 3 nitrogen and oxygen atoms in total. The molecule has 0 saturated heterocycles. The van der Waals surface area contributed by atoms with Crippen LogP contribution in [-0.4, -0.2) is 15.0 Å². The monoisotopic (exact) mass is 221 g/mol. The number of hydrogen-bond acceptors (Lipinski definition) is 2. The van der Waals surface area contributed by atoms with Crippen molar-refractivity contribution in [1.82, 2.24) is 15.0 Å². The Kier molecular flexibility index (Phi) is 2.43. The van der Waals surface area contributed by atoms with Crippen LogP contribution in [0.5, 0.6) is 0 Å². The standard InChI is InChI=1S/C14H11N3/c1-2-4-11(5-3-1)13-8-12(9-17-13)14-10-15-6-7-16-14/h1-10,17H. The number of aromatic amines is 1. The van der Waals surface area contributed by atoms with Gasteiger partial charge < -0.3 is 4.98 Å². The number of benzene rings is 1. The highest BCUT2D eigenvalue weighted by Crippen LogP contribution is 2.23. The fraction of sp³-hybridized carbons (Fsp3) is 0. The molecule has 0 amide bonds. The average Bonchev–Trinajstić information content (AvgIpc) is 2.90. The summed E-state index contributed by atoms with van der Waals surface area (Å²) in [5.74, 6) is 0. The van der Waals surface area contributed by atoms with Gasteiger partial charge in [0, 0.05) is 29.8 Å². The lowest BCUT2D eigenvalue weighted by Crippen LogP contribution is -1.80. The van der Waals surface area contributed by atoms with E-state index in [2.05, 4.69) is 33.2 Å². The van der Waals surface area contributed by atoms with E-state index in [-0.39, 0.29) is 0 Å². The second kappa shape index (κ2) is 4.22. The maximum atomic E-state index is 4.27. The third kappa shape index (κ3) is 1.95. The summed E-state index contributed by atoms with van der Waals surface area (Å²) in [5.41, 5.74) is 4.19. The molecular weight excluding hydrogens is 210 g/mol. The first kappa shape index (κ1) is 9.78. The van der Waals surface area contributed by atoms with Crippen LogP contribution in [0.4, 0.5) is 0 Å². The van der Waals surface area contributed by atoms with Gasteiger partial charge in [0.15, 0.2) is 0 Å². The van der Waals surface area contributed by atoms with Gasteiger partial charge in [0.25, 0.3) is 0 Å². The summed E-state index contributed by atoms with van der Waals surface area (Å²) in [6.07, 6.45) is 7.09. The van der Waals surface area contributed by atoms with E-state index in [9.17, 15) is 0 Å². The highest BCUT2D eigenvalue weighted by Gasteiger charge is 2.04. The van der Waals surface area contributed by atoms with Gasteiger partial charge >= 0.3 is 0 Å². The number of aromatic nitrogens is 3. The topological polar surface area (TPSA) is 41.6 Å². The van der Waals surface area contributed by atoms with E-state index >= 15 is 0 Å². The second-order valence-electron chi connectivity index (χ2n) is 3.76. The first-order valence-electron chi connectivity index (χ1n) is 5.44. The van der Waals surface area contributed by atoms with Crippen LogP contribution in [0.25, 0.3) is 22.5 Å². The number of nitrogens with one attached hydrogen (secondary N) is 1. The number of H-pyrrole nitrogens is 1. The summed E-state index contributed by atoms with van der Waals surface area (Å²) < 4.78 is 0. The second-order valence-corrected chi connectivity index (χ2v) is 3.76. The predicted octanol–water partition coefficient (Wildman–Crippen LogP) is 3.14. The van der Waals surface area contributed by atoms with Gasteiger partial charge in [-0.3, -0.25) is 9.97 Å². The minimum atomic E-state index is 0.880. The van der Waals surface area contributed by atoms with Crippen molar-refractivity contribution >= 4 is 0 Å². The third-order valence-corrected chi connectivity index (χ3v) is 2.63. The highest BCUT2D eigenvalue weighted by molar-refractivity contribution is 5.68. The van der Waals surface area contributed by atoms with Gasteiger partial charge in [0.2, 0.25) is 0 Å². The van der Waals surface area contributed by atoms with Crippen molar-refractivity contribution in [2.45, 2.75) is 0 Å². The normalized spacial score (nSPS) is 10.4. The van der Waals surface area contributed by atoms with Gasteiger partial charge in [-0.1, -0.05) is 30.3 Å². The summed E-state index contributed by atoms with van der Waals surface area (Å²) >= 11 is 0. The maximum Gasteiger partial charge on any atom is 0.0900 e. The van der Waals surface area contributed by atoms with Crippen molar-refractivity contribution in [3.63, 3.8) is 0 Å². The highest BCUT2D eigenvalue weighted by atomic mass is 14.8. The molecule has 3 heteroatoms. The molecule has 0 bridgehead atoms. The Morgan fingerprint density at radius 2 is 1.82 bits per heavy atom. The zero-order valence-electron chi connectivity index (χ0n) is 9.17. The van der Waals surface area contributed by atoms with Crippen LogP contribution in [0.3, 0.4) is 0 Å². The molecule has 0 aliphatic heterocycles. The Bertz CT molecular complexity index is 546. The Hall–Kier alpha value is -2.42. The largest absolute Gasteiger partial charge is 0.361 e. The van der Waals surface area contributed by atoms with Gasteiger partial charge in [0.05, 0.1) is 11.9 Å². The SMILES string of the molecule is c1ccc(-c2cc(-c3cnccn3)c[nH]2)cc1. The molecule has 2 aromatic heterocycles. The molecule has 0 spiro atoms. The lowest BCUT2D eigenvalue weighted by molar-refractivity contribution is 1.21. The molecular formula is C14H11N3. The molecule has 1 N–H and O–H groups in total. The van der Waals surface area contributed by atoms with Crippen LogP contribution in [0, 0.1) is 0 Å². The van der Waals surface area contributed by atoms with Crippen molar-refractivity contribution in [1.29, 1.82) is 0 Å². The van der Waals surface area contributed by atoms with Crippen LogP contribution in [0.15, 0.2) is 61.2 Å². The molecule has 2 heterocycles. The molecule has 0 unspecified atom stereocenters. The Labute approximate surface area is 99.2 Å². The molecule has 0 fully saturated rings. The smallest absolute Gasteiger partial charge is 0.0900 e.